The van der Waals surface area contributed by atoms with E-state index in [2.05, 4.69) is 17.9 Å². The van der Waals surface area contributed by atoms with Crippen LogP contribution in [0, 0.1) is 5.92 Å². The van der Waals surface area contributed by atoms with Gasteiger partial charge < -0.3 is 10.5 Å². The van der Waals surface area contributed by atoms with Gasteiger partial charge in [-0.1, -0.05) is 17.7 Å². The Hall–Kier alpha value is -1.26. The molecule has 0 aromatic heterocycles. The van der Waals surface area contributed by atoms with Crippen LogP contribution in [-0.4, -0.2) is 31.0 Å². The van der Waals surface area contributed by atoms with E-state index in [1.807, 2.05) is 12.1 Å². The van der Waals surface area contributed by atoms with Crippen molar-refractivity contribution in [1.82, 2.24) is 4.90 Å². The van der Waals surface area contributed by atoms with E-state index in [4.69, 9.17) is 22.1 Å². The number of carbonyl (C=O) groups is 1. The molecule has 0 radical (unpaired) electrons. The first-order valence-electron chi connectivity index (χ1n) is 7.37. The molecule has 1 aliphatic heterocycles. The van der Waals surface area contributed by atoms with Crippen LogP contribution in [0.15, 0.2) is 18.2 Å². The highest BCUT2D eigenvalue weighted by Crippen LogP contribution is 2.32. The number of rotatable bonds is 5. The zero-order chi connectivity index (χ0) is 15.4. The molecule has 116 valence electrons. The van der Waals surface area contributed by atoms with Crippen LogP contribution in [-0.2, 0) is 4.79 Å². The van der Waals surface area contributed by atoms with Gasteiger partial charge in [0, 0.05) is 12.5 Å². The quantitative estimate of drug-likeness (QED) is 0.909. The molecule has 1 amide bonds. The first-order chi connectivity index (χ1) is 10.0. The van der Waals surface area contributed by atoms with Crippen molar-refractivity contribution in [2.24, 2.45) is 11.7 Å². The third-order valence-electron chi connectivity index (χ3n) is 4.34. The molecule has 1 aliphatic rings. The third kappa shape index (κ3) is 4.11. The van der Waals surface area contributed by atoms with Gasteiger partial charge in [-0.05, 0) is 56.5 Å². The normalized spacial score (nSPS) is 18.4. The largest absolute Gasteiger partial charge is 0.495 e. The first kappa shape index (κ1) is 16.1. The number of nitrogens with two attached hydrogens (primary N) is 1. The van der Waals surface area contributed by atoms with Gasteiger partial charge in [0.2, 0.25) is 5.91 Å². The summed E-state index contributed by atoms with van der Waals surface area (Å²) in [4.78, 5) is 13.4. The maximum Gasteiger partial charge on any atom is 0.217 e. The maximum atomic E-state index is 11.0. The molecule has 0 saturated carbocycles. The number of methoxy groups -OCH3 is 1. The zero-order valence-electron chi connectivity index (χ0n) is 12.6. The Bertz CT molecular complexity index is 499. The van der Waals surface area contributed by atoms with Gasteiger partial charge in [0.25, 0.3) is 0 Å². The lowest BCUT2D eigenvalue weighted by Gasteiger charge is -2.36. The summed E-state index contributed by atoms with van der Waals surface area (Å²) in [5.41, 5.74) is 6.46. The average molecular weight is 311 g/mol. The van der Waals surface area contributed by atoms with Crippen LogP contribution in [0.4, 0.5) is 0 Å². The lowest BCUT2D eigenvalue weighted by Crippen LogP contribution is -2.36. The lowest BCUT2D eigenvalue weighted by molar-refractivity contribution is -0.119. The minimum Gasteiger partial charge on any atom is -0.495 e. The lowest BCUT2D eigenvalue weighted by atomic mass is 9.92. The Balaban J connectivity index is 1.97. The van der Waals surface area contributed by atoms with Gasteiger partial charge in [-0.15, -0.1) is 0 Å². The van der Waals surface area contributed by atoms with Crippen LogP contribution < -0.4 is 10.5 Å². The van der Waals surface area contributed by atoms with E-state index in [0.29, 0.717) is 29.2 Å². The summed E-state index contributed by atoms with van der Waals surface area (Å²) >= 11 is 6.20. The molecule has 0 bridgehead atoms. The fourth-order valence-electron chi connectivity index (χ4n) is 2.98. The molecule has 21 heavy (non-hydrogen) atoms. The van der Waals surface area contributed by atoms with E-state index in [1.165, 1.54) is 5.56 Å². The number of piperidine rings is 1. The van der Waals surface area contributed by atoms with Crippen molar-refractivity contribution in [3.05, 3.63) is 28.8 Å². The number of hydrogen-bond acceptors (Lipinski definition) is 3. The summed E-state index contributed by atoms with van der Waals surface area (Å²) < 4.78 is 5.19. The fourth-order valence-corrected chi connectivity index (χ4v) is 3.25. The second kappa shape index (κ2) is 7.14. The SMILES string of the molecule is COc1ccc([C@H](C)N2CCC(CC(N)=O)CC2)cc1Cl. The highest BCUT2D eigenvalue weighted by atomic mass is 35.5. The first-order valence-corrected chi connectivity index (χ1v) is 7.75. The van der Waals surface area contributed by atoms with Crippen LogP contribution in [0.5, 0.6) is 5.75 Å². The summed E-state index contributed by atoms with van der Waals surface area (Å²) in [5, 5.41) is 0.644. The van der Waals surface area contributed by atoms with E-state index >= 15 is 0 Å². The van der Waals surface area contributed by atoms with Crippen molar-refractivity contribution in [2.45, 2.75) is 32.2 Å². The predicted octanol–water partition coefficient (Wildman–Crippen LogP) is 3.00. The van der Waals surface area contributed by atoms with Crippen molar-refractivity contribution in [3.63, 3.8) is 0 Å². The smallest absolute Gasteiger partial charge is 0.217 e. The number of hydrogen-bond donors (Lipinski definition) is 1. The number of nitrogens with zero attached hydrogens (tertiary/aromatic N) is 1. The topological polar surface area (TPSA) is 55.6 Å². The highest BCUT2D eigenvalue weighted by Gasteiger charge is 2.24. The Morgan fingerprint density at radius 1 is 1.48 bits per heavy atom. The van der Waals surface area contributed by atoms with Gasteiger partial charge in [-0.25, -0.2) is 0 Å². The summed E-state index contributed by atoms with van der Waals surface area (Å²) in [5.74, 6) is 0.946. The van der Waals surface area contributed by atoms with Crippen LogP contribution in [0.1, 0.15) is 37.8 Å². The number of benzene rings is 1. The summed E-state index contributed by atoms with van der Waals surface area (Å²) in [6.45, 7) is 4.16. The molecule has 2 rings (SSSR count). The number of primary amides is 1. The Labute approximate surface area is 131 Å². The van der Waals surface area contributed by atoms with Crippen molar-refractivity contribution in [3.8, 4) is 5.75 Å². The molecular formula is C16H23ClN2O2. The molecule has 1 atom stereocenters. The van der Waals surface area contributed by atoms with E-state index in [9.17, 15) is 4.79 Å². The van der Waals surface area contributed by atoms with Crippen molar-refractivity contribution in [1.29, 1.82) is 0 Å². The van der Waals surface area contributed by atoms with E-state index in [0.717, 1.165) is 25.9 Å². The van der Waals surface area contributed by atoms with Crippen LogP contribution in [0.2, 0.25) is 5.02 Å². The van der Waals surface area contributed by atoms with Crippen molar-refractivity contribution in [2.75, 3.05) is 20.2 Å². The Kier molecular flexibility index (Phi) is 5.48. The molecular weight excluding hydrogens is 288 g/mol. The molecule has 5 heteroatoms. The second-order valence-corrected chi connectivity index (χ2v) is 6.13. The fraction of sp³-hybridized carbons (Fsp3) is 0.562. The van der Waals surface area contributed by atoms with Gasteiger partial charge in [0.1, 0.15) is 5.75 Å². The Morgan fingerprint density at radius 3 is 2.67 bits per heavy atom. The maximum absolute atomic E-state index is 11.0. The van der Waals surface area contributed by atoms with Crippen LogP contribution in [0.25, 0.3) is 0 Å². The number of halogens is 1. The number of likely N-dealkylation sites (tertiary alicyclic amines) is 1. The Morgan fingerprint density at radius 2 is 2.14 bits per heavy atom. The van der Waals surface area contributed by atoms with E-state index in [1.54, 1.807) is 7.11 Å². The molecule has 4 nitrogen and oxygen atoms in total. The molecule has 1 fully saturated rings. The van der Waals surface area contributed by atoms with Gasteiger partial charge in [0.15, 0.2) is 0 Å². The van der Waals surface area contributed by atoms with Crippen LogP contribution >= 0.6 is 11.6 Å². The molecule has 0 spiro atoms. The summed E-state index contributed by atoms with van der Waals surface area (Å²) in [7, 11) is 1.62. The molecule has 1 aromatic rings. The van der Waals surface area contributed by atoms with Gasteiger partial charge in [0.05, 0.1) is 12.1 Å². The number of amides is 1. The molecule has 2 N–H and O–H groups in total. The van der Waals surface area contributed by atoms with Gasteiger partial charge in [-0.2, -0.15) is 0 Å². The van der Waals surface area contributed by atoms with E-state index in [-0.39, 0.29) is 5.91 Å². The number of ether oxygens (including phenoxy) is 1. The standard InChI is InChI=1S/C16H23ClN2O2/c1-11(13-3-4-15(21-2)14(17)10-13)19-7-5-12(6-8-19)9-16(18)20/h3-4,10-12H,5-9H2,1-2H3,(H2,18,20)/t11-/m0/s1. The molecule has 1 aromatic carbocycles. The van der Waals surface area contributed by atoms with Gasteiger partial charge in [-0.3, -0.25) is 9.69 Å². The summed E-state index contributed by atoms with van der Waals surface area (Å²) in [6.07, 6.45) is 2.56. The average Bonchev–Trinajstić information content (AvgIpc) is 2.46. The molecule has 0 unspecified atom stereocenters. The zero-order valence-corrected chi connectivity index (χ0v) is 13.4. The van der Waals surface area contributed by atoms with Gasteiger partial charge >= 0.3 is 0 Å². The third-order valence-corrected chi connectivity index (χ3v) is 4.64. The molecule has 1 heterocycles. The van der Waals surface area contributed by atoms with Crippen molar-refractivity contribution >= 4 is 17.5 Å². The summed E-state index contributed by atoms with van der Waals surface area (Å²) in [6, 6.07) is 6.25. The second-order valence-electron chi connectivity index (χ2n) is 5.72. The highest BCUT2D eigenvalue weighted by molar-refractivity contribution is 6.32. The van der Waals surface area contributed by atoms with Crippen LogP contribution in [0.3, 0.4) is 0 Å². The minimum atomic E-state index is -0.191. The predicted molar refractivity (Wildman–Crippen MR) is 84.5 cm³/mol. The van der Waals surface area contributed by atoms with E-state index < -0.39 is 0 Å². The number of carbonyl (C=O) groups excluding carboxylic acids is 1. The molecule has 0 aliphatic carbocycles. The minimum absolute atomic E-state index is 0.191. The molecule has 1 saturated heterocycles. The van der Waals surface area contributed by atoms with Crippen molar-refractivity contribution < 1.29 is 9.53 Å². The monoisotopic (exact) mass is 310 g/mol.